The van der Waals surface area contributed by atoms with E-state index < -0.39 is 0 Å². The Balaban J connectivity index is 1.58. The summed E-state index contributed by atoms with van der Waals surface area (Å²) >= 11 is 1.97. The number of aliphatic hydroxyl groups is 1. The van der Waals surface area contributed by atoms with Gasteiger partial charge in [0.1, 0.15) is 0 Å². The zero-order valence-electron chi connectivity index (χ0n) is 13.2. The van der Waals surface area contributed by atoms with Gasteiger partial charge in [0.25, 0.3) is 0 Å². The first-order chi connectivity index (χ1) is 10.1. The van der Waals surface area contributed by atoms with Crippen molar-refractivity contribution < 1.29 is 5.11 Å². The van der Waals surface area contributed by atoms with Crippen molar-refractivity contribution in [3.8, 4) is 0 Å². The van der Waals surface area contributed by atoms with Crippen LogP contribution < -0.4 is 5.32 Å². The van der Waals surface area contributed by atoms with Crippen LogP contribution in [-0.4, -0.2) is 29.0 Å². The predicted octanol–water partition coefficient (Wildman–Crippen LogP) is 3.43. The molecule has 0 heterocycles. The summed E-state index contributed by atoms with van der Waals surface area (Å²) in [5.41, 5.74) is 4.08. The molecule has 2 fully saturated rings. The lowest BCUT2D eigenvalue weighted by molar-refractivity contribution is 0.157. The topological polar surface area (TPSA) is 32.3 Å². The maximum Gasteiger partial charge on any atom is 0.0624 e. The number of benzene rings is 1. The van der Waals surface area contributed by atoms with Crippen molar-refractivity contribution in [1.29, 1.82) is 0 Å². The van der Waals surface area contributed by atoms with Crippen LogP contribution in [0.1, 0.15) is 42.4 Å². The Hall–Kier alpha value is -0.510. The lowest BCUT2D eigenvalue weighted by Gasteiger charge is -2.33. The number of aryl methyl sites for hydroxylation is 2. The third-order valence-electron chi connectivity index (χ3n) is 4.62. The summed E-state index contributed by atoms with van der Waals surface area (Å²) in [5, 5.41) is 13.7. The molecule has 0 spiro atoms. The van der Waals surface area contributed by atoms with Crippen LogP contribution in [0, 0.1) is 19.8 Å². The van der Waals surface area contributed by atoms with Crippen molar-refractivity contribution in [2.24, 2.45) is 5.92 Å². The molecule has 1 unspecified atom stereocenters. The highest BCUT2D eigenvalue weighted by molar-refractivity contribution is 7.98. The fourth-order valence-electron chi connectivity index (χ4n) is 3.27. The smallest absolute Gasteiger partial charge is 0.0624 e. The Kier molecular flexibility index (Phi) is 4.63. The Morgan fingerprint density at radius 1 is 1.14 bits per heavy atom. The molecule has 2 N–H and O–H groups in total. The summed E-state index contributed by atoms with van der Waals surface area (Å²) in [4.78, 5) is 0. The van der Waals surface area contributed by atoms with E-state index in [1.165, 1.54) is 42.4 Å². The molecule has 3 rings (SSSR count). The Labute approximate surface area is 132 Å². The van der Waals surface area contributed by atoms with E-state index in [1.807, 2.05) is 11.8 Å². The minimum Gasteiger partial charge on any atom is -0.394 e. The monoisotopic (exact) mass is 305 g/mol. The molecular weight excluding hydrogens is 278 g/mol. The van der Waals surface area contributed by atoms with Crippen LogP contribution in [0.3, 0.4) is 0 Å². The van der Waals surface area contributed by atoms with Gasteiger partial charge in [-0.15, -0.1) is 0 Å². The molecule has 2 saturated carbocycles. The van der Waals surface area contributed by atoms with E-state index in [2.05, 4.69) is 37.4 Å². The molecule has 1 aromatic rings. The van der Waals surface area contributed by atoms with Crippen molar-refractivity contribution in [2.45, 2.75) is 56.9 Å². The van der Waals surface area contributed by atoms with Gasteiger partial charge in [-0.2, -0.15) is 11.8 Å². The van der Waals surface area contributed by atoms with E-state index in [1.54, 1.807) is 0 Å². The molecule has 0 amide bonds. The summed E-state index contributed by atoms with van der Waals surface area (Å²) in [5.74, 6) is 2.76. The van der Waals surface area contributed by atoms with Gasteiger partial charge >= 0.3 is 0 Å². The highest BCUT2D eigenvalue weighted by atomic mass is 32.2. The fraction of sp³-hybridized carbons (Fsp3) is 0.667. The Morgan fingerprint density at radius 3 is 2.33 bits per heavy atom. The number of nitrogens with one attached hydrogen (secondary N) is 1. The molecule has 0 aromatic heterocycles. The van der Waals surface area contributed by atoms with Crippen molar-refractivity contribution in [2.75, 3.05) is 12.4 Å². The third-order valence-corrected chi connectivity index (χ3v) is 5.88. The fourth-order valence-corrected chi connectivity index (χ4v) is 4.55. The van der Waals surface area contributed by atoms with Crippen LogP contribution in [0.15, 0.2) is 18.2 Å². The van der Waals surface area contributed by atoms with E-state index in [4.69, 9.17) is 0 Å². The highest BCUT2D eigenvalue weighted by Gasteiger charge is 2.47. The van der Waals surface area contributed by atoms with Crippen LogP contribution in [-0.2, 0) is 5.75 Å². The highest BCUT2D eigenvalue weighted by Crippen LogP contribution is 2.43. The standard InChI is InChI=1S/C18H27NOS/c1-13-7-14(2)9-15(8-13)10-21-12-18(11-20,16-3-4-16)19-17-5-6-17/h7-9,16-17,19-20H,3-6,10-12H2,1-2H3. The van der Waals surface area contributed by atoms with Crippen LogP contribution in [0.5, 0.6) is 0 Å². The van der Waals surface area contributed by atoms with Gasteiger partial charge in [-0.3, -0.25) is 0 Å². The van der Waals surface area contributed by atoms with E-state index in [0.717, 1.165) is 11.5 Å². The number of aliphatic hydroxyl groups excluding tert-OH is 1. The normalized spacial score (nSPS) is 21.3. The van der Waals surface area contributed by atoms with Crippen LogP contribution in [0.2, 0.25) is 0 Å². The molecule has 2 aliphatic carbocycles. The Bertz CT molecular complexity index is 476. The largest absolute Gasteiger partial charge is 0.394 e. The number of hydrogen-bond donors (Lipinski definition) is 2. The molecule has 0 saturated heterocycles. The summed E-state index contributed by atoms with van der Waals surface area (Å²) in [6.45, 7) is 4.62. The average Bonchev–Trinajstić information content (AvgIpc) is 3.29. The van der Waals surface area contributed by atoms with Gasteiger partial charge in [-0.05, 0) is 51.0 Å². The van der Waals surface area contributed by atoms with Gasteiger partial charge in [0.15, 0.2) is 0 Å². The van der Waals surface area contributed by atoms with E-state index >= 15 is 0 Å². The van der Waals surface area contributed by atoms with Gasteiger partial charge in [0, 0.05) is 17.5 Å². The zero-order valence-corrected chi connectivity index (χ0v) is 14.0. The summed E-state index contributed by atoms with van der Waals surface area (Å²) in [6.07, 6.45) is 5.14. The lowest BCUT2D eigenvalue weighted by atomic mass is 9.96. The molecule has 21 heavy (non-hydrogen) atoms. The first-order valence-electron chi connectivity index (χ1n) is 8.15. The molecule has 2 aliphatic rings. The molecule has 3 heteroatoms. The minimum atomic E-state index is -0.0231. The first-order valence-corrected chi connectivity index (χ1v) is 9.30. The van der Waals surface area contributed by atoms with Crippen LogP contribution in [0.25, 0.3) is 0 Å². The van der Waals surface area contributed by atoms with E-state index in [0.29, 0.717) is 12.0 Å². The number of rotatable bonds is 8. The average molecular weight is 305 g/mol. The van der Waals surface area contributed by atoms with Crippen molar-refractivity contribution in [1.82, 2.24) is 5.32 Å². The molecule has 1 atom stereocenters. The summed E-state index contributed by atoms with van der Waals surface area (Å²) in [6, 6.07) is 7.46. The van der Waals surface area contributed by atoms with Gasteiger partial charge in [0.2, 0.25) is 0 Å². The minimum absolute atomic E-state index is 0.0231. The predicted molar refractivity (Wildman–Crippen MR) is 90.8 cm³/mol. The molecule has 116 valence electrons. The third kappa shape index (κ3) is 4.02. The van der Waals surface area contributed by atoms with Crippen molar-refractivity contribution in [3.05, 3.63) is 34.9 Å². The van der Waals surface area contributed by atoms with E-state index in [-0.39, 0.29) is 12.1 Å². The zero-order chi connectivity index (χ0) is 14.9. The molecule has 0 bridgehead atoms. The molecule has 0 aliphatic heterocycles. The molecule has 0 radical (unpaired) electrons. The van der Waals surface area contributed by atoms with Crippen molar-refractivity contribution in [3.63, 3.8) is 0 Å². The maximum atomic E-state index is 9.97. The molecule has 2 nitrogen and oxygen atoms in total. The first kappa shape index (κ1) is 15.4. The SMILES string of the molecule is Cc1cc(C)cc(CSCC(CO)(NC2CC2)C2CC2)c1. The summed E-state index contributed by atoms with van der Waals surface area (Å²) < 4.78 is 0. The van der Waals surface area contributed by atoms with Crippen molar-refractivity contribution >= 4 is 11.8 Å². The molecule has 1 aromatic carbocycles. The Morgan fingerprint density at radius 2 is 1.81 bits per heavy atom. The van der Waals surface area contributed by atoms with Gasteiger partial charge in [-0.1, -0.05) is 29.3 Å². The second-order valence-electron chi connectivity index (χ2n) is 7.00. The number of thioether (sulfide) groups is 1. The maximum absolute atomic E-state index is 9.97. The van der Waals surface area contributed by atoms with Gasteiger partial charge < -0.3 is 10.4 Å². The second kappa shape index (κ2) is 6.31. The van der Waals surface area contributed by atoms with E-state index in [9.17, 15) is 5.11 Å². The van der Waals surface area contributed by atoms with Gasteiger partial charge in [0.05, 0.1) is 12.1 Å². The summed E-state index contributed by atoms with van der Waals surface area (Å²) in [7, 11) is 0. The molecular formula is C18H27NOS. The number of hydrogen-bond acceptors (Lipinski definition) is 3. The van der Waals surface area contributed by atoms with Crippen LogP contribution >= 0.6 is 11.8 Å². The van der Waals surface area contributed by atoms with Gasteiger partial charge in [-0.25, -0.2) is 0 Å². The lowest BCUT2D eigenvalue weighted by Crippen LogP contribution is -2.53. The van der Waals surface area contributed by atoms with Crippen LogP contribution in [0.4, 0.5) is 0 Å². The quantitative estimate of drug-likeness (QED) is 0.772. The second-order valence-corrected chi connectivity index (χ2v) is 7.98.